The smallest absolute Gasteiger partial charge is 0.475 e. The van der Waals surface area contributed by atoms with Gasteiger partial charge in [-0.05, 0) is 46.9 Å². The maximum atomic E-state index is 12.3. The van der Waals surface area contributed by atoms with Crippen LogP contribution >= 0.6 is 11.3 Å². The van der Waals surface area contributed by atoms with Crippen LogP contribution in [-0.2, 0) is 32.2 Å². The molecule has 4 rings (SSSR count). The maximum Gasteiger partial charge on any atom is 0.490 e. The van der Waals surface area contributed by atoms with E-state index in [4.69, 9.17) is 24.5 Å². The minimum atomic E-state index is -5.08. The Hall–Kier alpha value is -3.24. The second-order valence-corrected chi connectivity index (χ2v) is 9.38. The van der Waals surface area contributed by atoms with E-state index in [2.05, 4.69) is 26.7 Å². The van der Waals surface area contributed by atoms with Crippen molar-refractivity contribution in [3.05, 3.63) is 52.5 Å². The maximum absolute atomic E-state index is 12.3. The number of morpholine rings is 1. The molecule has 39 heavy (non-hydrogen) atoms. The van der Waals surface area contributed by atoms with Crippen LogP contribution in [-0.4, -0.2) is 87.0 Å². The van der Waals surface area contributed by atoms with Crippen LogP contribution < -0.4 is 0 Å². The zero-order valence-electron chi connectivity index (χ0n) is 20.2. The van der Waals surface area contributed by atoms with Crippen molar-refractivity contribution in [2.75, 3.05) is 26.2 Å². The van der Waals surface area contributed by atoms with Crippen LogP contribution in [0.2, 0.25) is 0 Å². The fourth-order valence-electron chi connectivity index (χ4n) is 3.71. The van der Waals surface area contributed by atoms with Crippen molar-refractivity contribution in [3.8, 4) is 0 Å². The number of alkyl halides is 6. The predicted octanol–water partition coefficient (Wildman–Crippen LogP) is 3.80. The Morgan fingerprint density at radius 1 is 1.00 bits per heavy atom. The largest absolute Gasteiger partial charge is 0.490 e. The molecule has 16 heteroatoms. The number of pyridine rings is 1. The zero-order chi connectivity index (χ0) is 29.3. The molecule has 2 aromatic rings. The van der Waals surface area contributed by atoms with Gasteiger partial charge in [-0.15, -0.1) is 0 Å². The summed E-state index contributed by atoms with van der Waals surface area (Å²) in [7, 11) is 0. The third-order valence-corrected chi connectivity index (χ3v) is 6.40. The molecule has 4 heterocycles. The first-order chi connectivity index (χ1) is 18.1. The minimum absolute atomic E-state index is 0.0789. The first-order valence-electron chi connectivity index (χ1n) is 11.3. The van der Waals surface area contributed by atoms with Crippen molar-refractivity contribution in [3.63, 3.8) is 0 Å². The standard InChI is InChI=1S/C19H23N3O2S.2C2HF3O2/c23-18-13-24-19(15-22(18)12-16-2-1-6-20-10-16)4-7-21(8-5-19)11-17-3-9-25-14-17;2*3-2(4,5)1(6)7/h1-3,6,9-10,14H,4-5,7-8,11-13,15H2;2*(H,6,7). The first-order valence-corrected chi connectivity index (χ1v) is 12.2. The Morgan fingerprint density at radius 3 is 2.05 bits per heavy atom. The number of likely N-dealkylation sites (tertiary alicyclic amines) is 1. The highest BCUT2D eigenvalue weighted by atomic mass is 32.1. The summed E-state index contributed by atoms with van der Waals surface area (Å²) in [6.45, 7) is 4.56. The molecular formula is C23H25F6N3O6S. The SMILES string of the molecule is O=C(O)C(F)(F)F.O=C(O)C(F)(F)F.O=C1COC2(CCN(Cc3ccsc3)CC2)CN1Cc1cccnc1. The minimum Gasteiger partial charge on any atom is -0.475 e. The van der Waals surface area contributed by atoms with Gasteiger partial charge in [-0.25, -0.2) is 9.59 Å². The van der Waals surface area contributed by atoms with Gasteiger partial charge in [0.05, 0.1) is 12.1 Å². The number of rotatable bonds is 4. The number of amides is 1. The Morgan fingerprint density at radius 2 is 1.59 bits per heavy atom. The fourth-order valence-corrected chi connectivity index (χ4v) is 4.37. The number of carbonyl (C=O) groups excluding carboxylic acids is 1. The molecule has 2 aromatic heterocycles. The quantitative estimate of drug-likeness (QED) is 0.520. The van der Waals surface area contributed by atoms with E-state index in [1.807, 2.05) is 23.2 Å². The molecule has 2 saturated heterocycles. The lowest BCUT2D eigenvalue weighted by atomic mass is 9.89. The third kappa shape index (κ3) is 10.8. The molecule has 9 nitrogen and oxygen atoms in total. The number of hydrogen-bond acceptors (Lipinski definition) is 7. The highest BCUT2D eigenvalue weighted by Gasteiger charge is 2.42. The van der Waals surface area contributed by atoms with Crippen molar-refractivity contribution in [1.82, 2.24) is 14.8 Å². The molecule has 1 spiro atoms. The van der Waals surface area contributed by atoms with Gasteiger partial charge < -0.3 is 19.8 Å². The van der Waals surface area contributed by atoms with E-state index < -0.39 is 24.3 Å². The van der Waals surface area contributed by atoms with Crippen LogP contribution in [0.15, 0.2) is 41.4 Å². The molecule has 0 bridgehead atoms. The molecule has 216 valence electrons. The summed E-state index contributed by atoms with van der Waals surface area (Å²) in [5.41, 5.74) is 2.28. The Kier molecular flexibility index (Phi) is 11.2. The number of carboxylic acid groups (broad SMARTS) is 2. The van der Waals surface area contributed by atoms with E-state index in [0.717, 1.165) is 38.0 Å². The monoisotopic (exact) mass is 585 g/mol. The summed E-state index contributed by atoms with van der Waals surface area (Å²) in [5, 5.41) is 18.6. The van der Waals surface area contributed by atoms with Gasteiger partial charge >= 0.3 is 24.3 Å². The summed E-state index contributed by atoms with van der Waals surface area (Å²) in [4.78, 5) is 38.6. The Bertz CT molecular complexity index is 1050. The molecule has 2 N–H and O–H groups in total. The second kappa shape index (κ2) is 13.7. The summed E-state index contributed by atoms with van der Waals surface area (Å²) in [6, 6.07) is 6.13. The lowest BCUT2D eigenvalue weighted by molar-refractivity contribution is -0.193. The molecular weight excluding hydrogens is 560 g/mol. The van der Waals surface area contributed by atoms with Crippen LogP contribution in [0.4, 0.5) is 26.3 Å². The average Bonchev–Trinajstić information content (AvgIpc) is 3.37. The van der Waals surface area contributed by atoms with Crippen molar-refractivity contribution < 1.29 is 55.7 Å². The number of carbonyl (C=O) groups is 3. The predicted molar refractivity (Wildman–Crippen MR) is 125 cm³/mol. The topological polar surface area (TPSA) is 120 Å². The number of halogens is 6. The van der Waals surface area contributed by atoms with Crippen LogP contribution in [0, 0.1) is 0 Å². The fraction of sp³-hybridized carbons (Fsp3) is 0.478. The van der Waals surface area contributed by atoms with E-state index in [-0.39, 0.29) is 18.1 Å². The van der Waals surface area contributed by atoms with E-state index >= 15 is 0 Å². The number of nitrogens with zero attached hydrogens (tertiary/aromatic N) is 3. The van der Waals surface area contributed by atoms with Gasteiger partial charge in [0.2, 0.25) is 5.91 Å². The van der Waals surface area contributed by atoms with Gasteiger partial charge in [0, 0.05) is 38.6 Å². The highest BCUT2D eigenvalue weighted by Crippen LogP contribution is 2.31. The number of thiophene rings is 1. The lowest BCUT2D eigenvalue weighted by Crippen LogP contribution is -2.58. The van der Waals surface area contributed by atoms with E-state index in [9.17, 15) is 31.1 Å². The van der Waals surface area contributed by atoms with Crippen molar-refractivity contribution in [2.24, 2.45) is 0 Å². The van der Waals surface area contributed by atoms with Crippen LogP contribution in [0.1, 0.15) is 24.0 Å². The molecule has 2 fully saturated rings. The number of aromatic nitrogens is 1. The van der Waals surface area contributed by atoms with E-state index in [0.29, 0.717) is 13.1 Å². The molecule has 2 aliphatic heterocycles. The van der Waals surface area contributed by atoms with Gasteiger partial charge in [0.1, 0.15) is 6.61 Å². The van der Waals surface area contributed by atoms with Crippen LogP contribution in [0.25, 0.3) is 0 Å². The number of piperidine rings is 1. The molecule has 1 amide bonds. The zero-order valence-corrected chi connectivity index (χ0v) is 21.1. The van der Waals surface area contributed by atoms with Gasteiger partial charge in [-0.2, -0.15) is 37.7 Å². The molecule has 0 saturated carbocycles. The number of carboxylic acids is 2. The lowest BCUT2D eigenvalue weighted by Gasteiger charge is -2.47. The summed E-state index contributed by atoms with van der Waals surface area (Å²) < 4.78 is 69.5. The van der Waals surface area contributed by atoms with Gasteiger partial charge in [-0.3, -0.25) is 14.7 Å². The van der Waals surface area contributed by atoms with Gasteiger partial charge in [0.15, 0.2) is 0 Å². The number of ether oxygens (including phenoxy) is 1. The molecule has 0 unspecified atom stereocenters. The molecule has 2 aliphatic rings. The Balaban J connectivity index is 0.000000317. The van der Waals surface area contributed by atoms with Crippen LogP contribution in [0.5, 0.6) is 0 Å². The molecule has 0 radical (unpaired) electrons. The highest BCUT2D eigenvalue weighted by molar-refractivity contribution is 7.07. The van der Waals surface area contributed by atoms with Crippen LogP contribution in [0.3, 0.4) is 0 Å². The van der Waals surface area contributed by atoms with Gasteiger partial charge in [0.25, 0.3) is 0 Å². The second-order valence-electron chi connectivity index (χ2n) is 8.60. The van der Waals surface area contributed by atoms with E-state index in [1.165, 1.54) is 5.56 Å². The summed E-state index contributed by atoms with van der Waals surface area (Å²) >= 11 is 1.75. The van der Waals surface area contributed by atoms with E-state index in [1.54, 1.807) is 17.5 Å². The summed E-state index contributed by atoms with van der Waals surface area (Å²) in [5.74, 6) is -5.44. The molecule has 0 atom stereocenters. The number of hydrogen-bond donors (Lipinski definition) is 2. The Labute approximate surface area is 222 Å². The number of aliphatic carboxylic acids is 2. The van der Waals surface area contributed by atoms with Crippen molar-refractivity contribution in [1.29, 1.82) is 0 Å². The summed E-state index contributed by atoms with van der Waals surface area (Å²) in [6.07, 6.45) is -4.61. The molecule has 0 aliphatic carbocycles. The normalized spacial score (nSPS) is 17.5. The van der Waals surface area contributed by atoms with Crippen molar-refractivity contribution in [2.45, 2.75) is 43.9 Å². The first kappa shape index (κ1) is 32.0. The molecule has 0 aromatic carbocycles. The third-order valence-electron chi connectivity index (χ3n) is 5.67. The van der Waals surface area contributed by atoms with Crippen molar-refractivity contribution >= 4 is 29.2 Å². The van der Waals surface area contributed by atoms with Gasteiger partial charge in [-0.1, -0.05) is 6.07 Å². The average molecular weight is 586 g/mol.